The molecule has 1 aromatic heterocycles. The molecule has 0 bridgehead atoms. The Kier molecular flexibility index (Phi) is 4.64. The Morgan fingerprint density at radius 3 is 2.67 bits per heavy atom. The van der Waals surface area contributed by atoms with Gasteiger partial charge >= 0.3 is 0 Å². The molecule has 0 aromatic carbocycles. The van der Waals surface area contributed by atoms with Crippen LogP contribution < -0.4 is 5.32 Å². The number of aliphatic hydroxyl groups excluding tert-OH is 1. The molecule has 0 amide bonds. The third-order valence-corrected chi connectivity index (χ3v) is 4.53. The van der Waals surface area contributed by atoms with E-state index in [9.17, 15) is 5.11 Å². The van der Waals surface area contributed by atoms with Crippen LogP contribution in [0.3, 0.4) is 0 Å². The van der Waals surface area contributed by atoms with Gasteiger partial charge < -0.3 is 24.3 Å². The summed E-state index contributed by atoms with van der Waals surface area (Å²) in [5, 5.41) is 13.7. The molecule has 1 saturated carbocycles. The van der Waals surface area contributed by atoms with Gasteiger partial charge in [0.2, 0.25) is 0 Å². The number of aliphatic hydroxyl groups is 1. The van der Waals surface area contributed by atoms with Crippen LogP contribution in [0.15, 0.2) is 22.8 Å². The average molecular weight is 295 g/mol. The van der Waals surface area contributed by atoms with Crippen molar-refractivity contribution in [3.8, 4) is 0 Å². The van der Waals surface area contributed by atoms with Crippen molar-refractivity contribution in [2.75, 3.05) is 13.2 Å². The van der Waals surface area contributed by atoms with Crippen LogP contribution in [0.4, 0.5) is 0 Å². The molecule has 118 valence electrons. The Balaban J connectivity index is 1.42. The quantitative estimate of drug-likeness (QED) is 0.873. The second-order valence-corrected chi connectivity index (χ2v) is 6.22. The Hall–Kier alpha value is -0.880. The third kappa shape index (κ3) is 3.66. The minimum absolute atomic E-state index is 0.245. The molecule has 2 atom stereocenters. The van der Waals surface area contributed by atoms with E-state index in [-0.39, 0.29) is 11.8 Å². The van der Waals surface area contributed by atoms with Gasteiger partial charge in [-0.05, 0) is 38.3 Å². The molecule has 2 fully saturated rings. The number of nitrogens with one attached hydrogen (secondary N) is 1. The molecule has 3 rings (SSSR count). The zero-order valence-corrected chi connectivity index (χ0v) is 12.6. The summed E-state index contributed by atoms with van der Waals surface area (Å²) in [5.41, 5.74) is 0. The standard InChI is InChI=1S/C16H25NO4/c1-12(11-14(18)15-3-2-8-19-15)17-13-4-6-16(7-5-13)20-9-10-21-16/h2-3,8,12-14,17-18H,4-7,9-11H2,1H3/t12-,14-/m0/s1. The van der Waals surface area contributed by atoms with Crippen LogP contribution in [-0.4, -0.2) is 36.2 Å². The second kappa shape index (κ2) is 6.48. The first-order valence-corrected chi connectivity index (χ1v) is 7.92. The molecule has 1 saturated heterocycles. The van der Waals surface area contributed by atoms with Gasteiger partial charge in [0.05, 0.1) is 19.5 Å². The fourth-order valence-corrected chi connectivity index (χ4v) is 3.41. The molecule has 5 nitrogen and oxygen atoms in total. The number of ether oxygens (including phenoxy) is 2. The van der Waals surface area contributed by atoms with Crippen molar-refractivity contribution < 1.29 is 19.0 Å². The first-order chi connectivity index (χ1) is 10.2. The van der Waals surface area contributed by atoms with E-state index in [4.69, 9.17) is 13.9 Å². The third-order valence-electron chi connectivity index (χ3n) is 4.53. The van der Waals surface area contributed by atoms with E-state index in [0.29, 0.717) is 18.2 Å². The van der Waals surface area contributed by atoms with Gasteiger partial charge in [0.25, 0.3) is 0 Å². The summed E-state index contributed by atoms with van der Waals surface area (Å²) < 4.78 is 16.7. The van der Waals surface area contributed by atoms with Crippen molar-refractivity contribution in [1.29, 1.82) is 0 Å². The summed E-state index contributed by atoms with van der Waals surface area (Å²) in [7, 11) is 0. The number of rotatable bonds is 5. The first kappa shape index (κ1) is 15.0. The van der Waals surface area contributed by atoms with Gasteiger partial charge in [0.15, 0.2) is 5.79 Å². The maximum Gasteiger partial charge on any atom is 0.168 e. The zero-order valence-electron chi connectivity index (χ0n) is 12.6. The largest absolute Gasteiger partial charge is 0.467 e. The van der Waals surface area contributed by atoms with Gasteiger partial charge in [-0.15, -0.1) is 0 Å². The molecular weight excluding hydrogens is 270 g/mol. The average Bonchev–Trinajstić information content (AvgIpc) is 3.14. The molecule has 2 heterocycles. The van der Waals surface area contributed by atoms with E-state index in [1.807, 2.05) is 6.07 Å². The van der Waals surface area contributed by atoms with Crippen molar-refractivity contribution in [2.45, 2.75) is 63.0 Å². The lowest BCUT2D eigenvalue weighted by Gasteiger charge is -2.37. The van der Waals surface area contributed by atoms with E-state index in [2.05, 4.69) is 12.2 Å². The summed E-state index contributed by atoms with van der Waals surface area (Å²) in [4.78, 5) is 0. The molecule has 1 aromatic rings. The second-order valence-electron chi connectivity index (χ2n) is 6.22. The van der Waals surface area contributed by atoms with Gasteiger partial charge in [0.1, 0.15) is 11.9 Å². The van der Waals surface area contributed by atoms with Crippen LogP contribution in [0.2, 0.25) is 0 Å². The van der Waals surface area contributed by atoms with Crippen LogP contribution in [-0.2, 0) is 9.47 Å². The zero-order chi connectivity index (χ0) is 14.7. The summed E-state index contributed by atoms with van der Waals surface area (Å²) >= 11 is 0. The van der Waals surface area contributed by atoms with E-state index in [0.717, 1.165) is 38.9 Å². The van der Waals surface area contributed by atoms with E-state index < -0.39 is 6.10 Å². The highest BCUT2D eigenvalue weighted by molar-refractivity contribution is 5.02. The molecule has 1 aliphatic carbocycles. The molecule has 2 N–H and O–H groups in total. The summed E-state index contributed by atoms with van der Waals surface area (Å²) in [5.74, 6) is 0.341. The van der Waals surface area contributed by atoms with Crippen LogP contribution in [0.5, 0.6) is 0 Å². The molecule has 1 aliphatic heterocycles. The fourth-order valence-electron chi connectivity index (χ4n) is 3.41. The highest BCUT2D eigenvalue weighted by Gasteiger charge is 2.40. The SMILES string of the molecule is C[C@@H](C[C@H](O)c1ccco1)NC1CCC2(CC1)OCCO2. The smallest absolute Gasteiger partial charge is 0.168 e. The highest BCUT2D eigenvalue weighted by Crippen LogP contribution is 2.36. The lowest BCUT2D eigenvalue weighted by Crippen LogP contribution is -2.45. The lowest BCUT2D eigenvalue weighted by atomic mass is 9.89. The monoisotopic (exact) mass is 295 g/mol. The molecular formula is C16H25NO4. The fraction of sp³-hybridized carbons (Fsp3) is 0.750. The molecule has 0 radical (unpaired) electrons. The molecule has 21 heavy (non-hydrogen) atoms. The van der Waals surface area contributed by atoms with Crippen molar-refractivity contribution in [2.24, 2.45) is 0 Å². The first-order valence-electron chi connectivity index (χ1n) is 7.92. The molecule has 2 aliphatic rings. The number of hydrogen-bond donors (Lipinski definition) is 2. The summed E-state index contributed by atoms with van der Waals surface area (Å²) in [6.45, 7) is 3.56. The van der Waals surface area contributed by atoms with Gasteiger partial charge in [-0.1, -0.05) is 0 Å². The molecule has 1 spiro atoms. The lowest BCUT2D eigenvalue weighted by molar-refractivity contribution is -0.179. The van der Waals surface area contributed by atoms with E-state index >= 15 is 0 Å². The number of furan rings is 1. The van der Waals surface area contributed by atoms with Crippen molar-refractivity contribution in [3.05, 3.63) is 24.2 Å². The van der Waals surface area contributed by atoms with Gasteiger partial charge in [0, 0.05) is 24.9 Å². The Bertz CT molecular complexity index is 417. The van der Waals surface area contributed by atoms with Crippen LogP contribution in [0.1, 0.15) is 50.9 Å². The molecule has 5 heteroatoms. The van der Waals surface area contributed by atoms with Gasteiger partial charge in [-0.25, -0.2) is 0 Å². The van der Waals surface area contributed by atoms with Crippen LogP contribution >= 0.6 is 0 Å². The predicted molar refractivity (Wildman–Crippen MR) is 77.8 cm³/mol. The van der Waals surface area contributed by atoms with Gasteiger partial charge in [-0.3, -0.25) is 0 Å². The van der Waals surface area contributed by atoms with Crippen molar-refractivity contribution in [1.82, 2.24) is 5.32 Å². The van der Waals surface area contributed by atoms with E-state index in [1.165, 1.54) is 0 Å². The van der Waals surface area contributed by atoms with Crippen molar-refractivity contribution >= 4 is 0 Å². The number of hydrogen-bond acceptors (Lipinski definition) is 5. The van der Waals surface area contributed by atoms with Crippen molar-refractivity contribution in [3.63, 3.8) is 0 Å². The Labute approximate surface area is 125 Å². The normalized spacial score (nSPS) is 25.2. The Morgan fingerprint density at radius 1 is 1.33 bits per heavy atom. The van der Waals surface area contributed by atoms with Gasteiger partial charge in [-0.2, -0.15) is 0 Å². The summed E-state index contributed by atoms with van der Waals surface area (Å²) in [6, 6.07) is 4.34. The maximum atomic E-state index is 10.1. The minimum atomic E-state index is -0.543. The topological polar surface area (TPSA) is 63.9 Å². The predicted octanol–water partition coefficient (Wildman–Crippen LogP) is 2.37. The molecule has 0 unspecified atom stereocenters. The Morgan fingerprint density at radius 2 is 2.05 bits per heavy atom. The van der Waals surface area contributed by atoms with Crippen LogP contribution in [0, 0.1) is 0 Å². The van der Waals surface area contributed by atoms with E-state index in [1.54, 1.807) is 12.3 Å². The maximum absolute atomic E-state index is 10.1. The van der Waals surface area contributed by atoms with Crippen LogP contribution in [0.25, 0.3) is 0 Å². The summed E-state index contributed by atoms with van der Waals surface area (Å²) in [6.07, 6.45) is 5.73. The minimum Gasteiger partial charge on any atom is -0.467 e. The highest BCUT2D eigenvalue weighted by atomic mass is 16.7.